The van der Waals surface area contributed by atoms with E-state index < -0.39 is 4.92 Å². The van der Waals surface area contributed by atoms with Crippen molar-refractivity contribution in [1.29, 1.82) is 0 Å². The van der Waals surface area contributed by atoms with Gasteiger partial charge in [-0.3, -0.25) is 19.7 Å². The lowest BCUT2D eigenvalue weighted by molar-refractivity contribution is -0.384. The molecule has 9 nitrogen and oxygen atoms in total. The first-order valence-corrected chi connectivity index (χ1v) is 9.05. The Labute approximate surface area is 167 Å². The van der Waals surface area contributed by atoms with Gasteiger partial charge in [0.25, 0.3) is 11.6 Å². The smallest absolute Gasteiger partial charge is 0.293 e. The molecular formula is C20H21N3O6. The number of ether oxygens (including phenoxy) is 2. The minimum Gasteiger partial charge on any atom is -0.497 e. The number of hydrogen-bond acceptors (Lipinski definition) is 7. The van der Waals surface area contributed by atoms with Crippen LogP contribution in [0.25, 0.3) is 0 Å². The molecule has 0 aromatic heterocycles. The third kappa shape index (κ3) is 4.81. The molecule has 29 heavy (non-hydrogen) atoms. The third-order valence-electron chi connectivity index (χ3n) is 4.73. The minimum atomic E-state index is -0.497. The zero-order valence-electron chi connectivity index (χ0n) is 15.9. The molecule has 1 aliphatic rings. The van der Waals surface area contributed by atoms with Gasteiger partial charge in [-0.05, 0) is 36.4 Å². The molecule has 152 valence electrons. The van der Waals surface area contributed by atoms with E-state index >= 15 is 0 Å². The minimum absolute atomic E-state index is 0.0828. The van der Waals surface area contributed by atoms with E-state index in [1.165, 1.54) is 6.07 Å². The van der Waals surface area contributed by atoms with Crippen LogP contribution in [0.2, 0.25) is 0 Å². The van der Waals surface area contributed by atoms with Crippen molar-refractivity contribution in [3.8, 4) is 11.5 Å². The largest absolute Gasteiger partial charge is 0.497 e. The standard InChI is InChI=1S/C20H21N3O6/c1-28-16-3-5-17(6-4-16)29-14-20(25)22-10-8-21(9-11-22)18-7-2-15(13-24)12-19(18)23(26)27/h2-7,12-13H,8-11,14H2,1H3. The van der Waals surface area contributed by atoms with Crippen molar-refractivity contribution in [2.75, 3.05) is 44.8 Å². The third-order valence-corrected chi connectivity index (χ3v) is 4.73. The molecule has 0 N–H and O–H groups in total. The molecule has 0 unspecified atom stereocenters. The second-order valence-electron chi connectivity index (χ2n) is 6.46. The number of methoxy groups -OCH3 is 1. The summed E-state index contributed by atoms with van der Waals surface area (Å²) < 4.78 is 10.6. The fourth-order valence-electron chi connectivity index (χ4n) is 3.13. The van der Waals surface area contributed by atoms with Crippen molar-refractivity contribution in [2.24, 2.45) is 0 Å². The number of nitro benzene ring substituents is 1. The van der Waals surface area contributed by atoms with E-state index in [9.17, 15) is 19.7 Å². The summed E-state index contributed by atoms with van der Waals surface area (Å²) in [5.41, 5.74) is 0.587. The first kappa shape index (κ1) is 20.1. The summed E-state index contributed by atoms with van der Waals surface area (Å²) in [4.78, 5) is 37.7. The number of benzene rings is 2. The highest BCUT2D eigenvalue weighted by atomic mass is 16.6. The first-order chi connectivity index (χ1) is 14.0. The SMILES string of the molecule is COc1ccc(OCC(=O)N2CCN(c3ccc(C=O)cc3[N+](=O)[O-])CC2)cc1. The van der Waals surface area contributed by atoms with Crippen molar-refractivity contribution in [3.63, 3.8) is 0 Å². The predicted octanol–water partition coefficient (Wildman–Crippen LogP) is 2.14. The highest BCUT2D eigenvalue weighted by molar-refractivity contribution is 5.80. The molecule has 3 rings (SSSR count). The molecule has 0 radical (unpaired) electrons. The highest BCUT2D eigenvalue weighted by Crippen LogP contribution is 2.29. The number of rotatable bonds is 7. The van der Waals surface area contributed by atoms with E-state index in [-0.39, 0.29) is 23.8 Å². The molecule has 9 heteroatoms. The van der Waals surface area contributed by atoms with E-state index in [0.29, 0.717) is 49.7 Å². The number of nitrogens with zero attached hydrogens (tertiary/aromatic N) is 3. The van der Waals surface area contributed by atoms with Crippen LogP contribution in [-0.2, 0) is 4.79 Å². The molecule has 1 amide bonds. The zero-order chi connectivity index (χ0) is 20.8. The van der Waals surface area contributed by atoms with E-state index in [1.54, 1.807) is 48.4 Å². The number of hydrogen-bond donors (Lipinski definition) is 0. The Morgan fingerprint density at radius 2 is 1.76 bits per heavy atom. The lowest BCUT2D eigenvalue weighted by Gasteiger charge is -2.35. The van der Waals surface area contributed by atoms with Crippen LogP contribution in [0.3, 0.4) is 0 Å². The van der Waals surface area contributed by atoms with Gasteiger partial charge in [0.1, 0.15) is 23.5 Å². The van der Waals surface area contributed by atoms with Crippen LogP contribution in [0, 0.1) is 10.1 Å². The van der Waals surface area contributed by atoms with Crippen LogP contribution in [-0.4, -0.2) is 61.9 Å². The number of nitro groups is 1. The van der Waals surface area contributed by atoms with Crippen molar-refractivity contribution in [3.05, 3.63) is 58.1 Å². The molecule has 1 fully saturated rings. The zero-order valence-corrected chi connectivity index (χ0v) is 15.9. The van der Waals surface area contributed by atoms with E-state index in [0.717, 1.165) is 0 Å². The van der Waals surface area contributed by atoms with Crippen LogP contribution < -0.4 is 14.4 Å². The molecule has 1 saturated heterocycles. The van der Waals surface area contributed by atoms with Gasteiger partial charge in [0, 0.05) is 37.8 Å². The van der Waals surface area contributed by atoms with Gasteiger partial charge in [0.2, 0.25) is 0 Å². The van der Waals surface area contributed by atoms with Gasteiger partial charge in [-0.2, -0.15) is 0 Å². The van der Waals surface area contributed by atoms with Gasteiger partial charge in [0.05, 0.1) is 12.0 Å². The Balaban J connectivity index is 1.56. The normalized spacial score (nSPS) is 13.7. The summed E-state index contributed by atoms with van der Waals surface area (Å²) >= 11 is 0. The lowest BCUT2D eigenvalue weighted by atomic mass is 10.1. The van der Waals surface area contributed by atoms with Crippen molar-refractivity contribution >= 4 is 23.6 Å². The monoisotopic (exact) mass is 399 g/mol. The molecule has 1 aliphatic heterocycles. The van der Waals surface area contributed by atoms with Gasteiger partial charge in [0.15, 0.2) is 6.61 Å². The van der Waals surface area contributed by atoms with Crippen LogP contribution in [0.15, 0.2) is 42.5 Å². The molecule has 0 aliphatic carbocycles. The molecule has 0 spiro atoms. The summed E-state index contributed by atoms with van der Waals surface area (Å²) in [7, 11) is 1.57. The quantitative estimate of drug-likeness (QED) is 0.399. The van der Waals surface area contributed by atoms with Gasteiger partial charge in [-0.25, -0.2) is 0 Å². The number of amides is 1. The maximum atomic E-state index is 12.4. The van der Waals surface area contributed by atoms with Crippen molar-refractivity contribution in [2.45, 2.75) is 0 Å². The number of piperazine rings is 1. The Morgan fingerprint density at radius 3 is 2.34 bits per heavy atom. The van der Waals surface area contributed by atoms with Gasteiger partial charge in [-0.15, -0.1) is 0 Å². The van der Waals surface area contributed by atoms with Crippen LogP contribution in [0.4, 0.5) is 11.4 Å². The van der Waals surface area contributed by atoms with E-state index in [1.807, 2.05) is 4.90 Å². The molecule has 0 saturated carbocycles. The van der Waals surface area contributed by atoms with Crippen LogP contribution in [0.5, 0.6) is 11.5 Å². The average Bonchev–Trinajstić information content (AvgIpc) is 2.77. The molecule has 2 aromatic rings. The maximum absolute atomic E-state index is 12.4. The summed E-state index contributed by atoms with van der Waals surface area (Å²) in [6.45, 7) is 1.68. The van der Waals surface area contributed by atoms with E-state index in [4.69, 9.17) is 9.47 Å². The summed E-state index contributed by atoms with van der Waals surface area (Å²) in [5, 5.41) is 11.3. The fraction of sp³-hybridized carbons (Fsp3) is 0.300. The Morgan fingerprint density at radius 1 is 1.10 bits per heavy atom. The molecule has 0 bridgehead atoms. The van der Waals surface area contributed by atoms with Gasteiger partial charge < -0.3 is 19.3 Å². The molecule has 2 aromatic carbocycles. The highest BCUT2D eigenvalue weighted by Gasteiger charge is 2.26. The number of carbonyl (C=O) groups excluding carboxylic acids is 2. The van der Waals surface area contributed by atoms with Crippen LogP contribution in [0.1, 0.15) is 10.4 Å². The lowest BCUT2D eigenvalue weighted by Crippen LogP contribution is -2.50. The Kier molecular flexibility index (Phi) is 6.28. The predicted molar refractivity (Wildman–Crippen MR) is 106 cm³/mol. The summed E-state index contributed by atoms with van der Waals surface area (Å²) in [6, 6.07) is 11.4. The Bertz CT molecular complexity index is 892. The maximum Gasteiger partial charge on any atom is 0.293 e. The molecule has 0 atom stereocenters. The van der Waals surface area contributed by atoms with Crippen molar-refractivity contribution in [1.82, 2.24) is 4.90 Å². The molecular weight excluding hydrogens is 378 g/mol. The number of aldehydes is 1. The topological polar surface area (TPSA) is 102 Å². The second kappa shape index (κ2) is 9.05. The van der Waals surface area contributed by atoms with Crippen LogP contribution >= 0.6 is 0 Å². The second-order valence-corrected chi connectivity index (χ2v) is 6.46. The van der Waals surface area contributed by atoms with Crippen molar-refractivity contribution < 1.29 is 24.0 Å². The summed E-state index contributed by atoms with van der Waals surface area (Å²) in [6.07, 6.45) is 0.580. The number of anilines is 1. The Hall–Kier alpha value is -3.62. The average molecular weight is 399 g/mol. The fourth-order valence-corrected chi connectivity index (χ4v) is 3.13. The number of carbonyl (C=O) groups is 2. The van der Waals surface area contributed by atoms with Gasteiger partial charge in [-0.1, -0.05) is 0 Å². The molecule has 1 heterocycles. The summed E-state index contributed by atoms with van der Waals surface area (Å²) in [5.74, 6) is 1.13. The van der Waals surface area contributed by atoms with E-state index in [2.05, 4.69) is 0 Å². The first-order valence-electron chi connectivity index (χ1n) is 9.05. The van der Waals surface area contributed by atoms with Gasteiger partial charge >= 0.3 is 0 Å².